The van der Waals surface area contributed by atoms with E-state index in [9.17, 15) is 0 Å². The van der Waals surface area contributed by atoms with E-state index in [0.29, 0.717) is 29.6 Å². The molecule has 0 fully saturated rings. The van der Waals surface area contributed by atoms with Gasteiger partial charge in [0.1, 0.15) is 11.6 Å². The summed E-state index contributed by atoms with van der Waals surface area (Å²) in [4.78, 5) is 9.01. The maximum atomic E-state index is 6.09. The second kappa shape index (κ2) is 6.42. The van der Waals surface area contributed by atoms with Crippen molar-refractivity contribution < 1.29 is 9.47 Å². The van der Waals surface area contributed by atoms with Crippen LogP contribution in [0, 0.1) is 0 Å². The second-order valence-corrected chi connectivity index (χ2v) is 5.97. The highest BCUT2D eigenvalue weighted by atomic mass is 79.9. The van der Waals surface area contributed by atoms with Crippen LogP contribution in [0.25, 0.3) is 10.9 Å². The lowest BCUT2D eigenvalue weighted by molar-refractivity contribution is 0.356. The van der Waals surface area contributed by atoms with Crippen LogP contribution in [0.3, 0.4) is 0 Å². The molecule has 0 spiro atoms. The number of anilines is 1. The van der Waals surface area contributed by atoms with Gasteiger partial charge in [-0.05, 0) is 23.8 Å². The molecule has 0 saturated heterocycles. The first kappa shape index (κ1) is 15.6. The fourth-order valence-corrected chi connectivity index (χ4v) is 2.66. The molecule has 3 aromatic rings. The molecule has 1 heterocycles. The third-order valence-corrected chi connectivity index (χ3v) is 4.08. The topological polar surface area (TPSA) is 70.3 Å². The van der Waals surface area contributed by atoms with E-state index in [4.69, 9.17) is 15.2 Å². The van der Waals surface area contributed by atoms with Crippen LogP contribution in [-0.2, 0) is 6.42 Å². The molecule has 0 saturated carbocycles. The van der Waals surface area contributed by atoms with E-state index in [0.717, 1.165) is 20.9 Å². The first-order chi connectivity index (χ1) is 11.1. The minimum absolute atomic E-state index is 0.433. The van der Waals surface area contributed by atoms with E-state index in [1.165, 1.54) is 0 Å². The molecular weight excluding hydrogens is 358 g/mol. The SMILES string of the molecule is COc1cc2nc(Cc3ccc(Br)cc3)nc(N)c2cc1OC. The minimum atomic E-state index is 0.433. The van der Waals surface area contributed by atoms with Crippen LogP contribution >= 0.6 is 15.9 Å². The van der Waals surface area contributed by atoms with Gasteiger partial charge in [0, 0.05) is 22.3 Å². The number of benzene rings is 2. The normalized spacial score (nSPS) is 10.7. The van der Waals surface area contributed by atoms with Gasteiger partial charge in [0.05, 0.1) is 19.7 Å². The van der Waals surface area contributed by atoms with Crippen LogP contribution in [-0.4, -0.2) is 24.2 Å². The zero-order valence-corrected chi connectivity index (χ0v) is 14.4. The predicted molar refractivity (Wildman–Crippen MR) is 94.0 cm³/mol. The highest BCUT2D eigenvalue weighted by Crippen LogP contribution is 2.33. The number of methoxy groups -OCH3 is 2. The zero-order valence-electron chi connectivity index (χ0n) is 12.8. The fourth-order valence-electron chi connectivity index (χ4n) is 2.39. The molecule has 1 aromatic heterocycles. The number of aromatic nitrogens is 2. The molecule has 0 aliphatic carbocycles. The van der Waals surface area contributed by atoms with Crippen LogP contribution in [0.4, 0.5) is 5.82 Å². The molecule has 2 aromatic carbocycles. The number of nitrogens with two attached hydrogens (primary N) is 1. The summed E-state index contributed by atoms with van der Waals surface area (Å²) in [5.74, 6) is 2.33. The average molecular weight is 374 g/mol. The Morgan fingerprint density at radius 1 is 1.00 bits per heavy atom. The van der Waals surface area contributed by atoms with Gasteiger partial charge >= 0.3 is 0 Å². The number of rotatable bonds is 4. The lowest BCUT2D eigenvalue weighted by atomic mass is 10.1. The number of nitrogen functional groups attached to an aromatic ring is 1. The van der Waals surface area contributed by atoms with Crippen molar-refractivity contribution in [2.45, 2.75) is 6.42 Å². The molecule has 5 nitrogen and oxygen atoms in total. The summed E-state index contributed by atoms with van der Waals surface area (Å²) in [6, 6.07) is 11.7. The van der Waals surface area contributed by atoms with Gasteiger partial charge in [-0.2, -0.15) is 0 Å². The van der Waals surface area contributed by atoms with Crippen molar-refractivity contribution in [3.8, 4) is 11.5 Å². The Morgan fingerprint density at radius 3 is 2.30 bits per heavy atom. The Hall–Kier alpha value is -2.34. The third-order valence-electron chi connectivity index (χ3n) is 3.55. The summed E-state index contributed by atoms with van der Waals surface area (Å²) in [5, 5.41) is 0.752. The highest BCUT2D eigenvalue weighted by Gasteiger charge is 2.12. The zero-order chi connectivity index (χ0) is 16.4. The van der Waals surface area contributed by atoms with Crippen LogP contribution in [0.1, 0.15) is 11.4 Å². The summed E-state index contributed by atoms with van der Waals surface area (Å²) >= 11 is 3.43. The molecule has 0 unspecified atom stereocenters. The molecule has 23 heavy (non-hydrogen) atoms. The fraction of sp³-hybridized carbons (Fsp3) is 0.176. The summed E-state index contributed by atoms with van der Waals surface area (Å²) in [6.45, 7) is 0. The van der Waals surface area contributed by atoms with E-state index in [-0.39, 0.29) is 0 Å². The number of hydrogen-bond donors (Lipinski definition) is 1. The van der Waals surface area contributed by atoms with Crippen molar-refractivity contribution in [2.24, 2.45) is 0 Å². The van der Waals surface area contributed by atoms with Crippen molar-refractivity contribution in [1.82, 2.24) is 9.97 Å². The molecular formula is C17H16BrN3O2. The smallest absolute Gasteiger partial charge is 0.162 e. The van der Waals surface area contributed by atoms with Gasteiger partial charge < -0.3 is 15.2 Å². The summed E-state index contributed by atoms with van der Waals surface area (Å²) in [6.07, 6.45) is 0.613. The van der Waals surface area contributed by atoms with Gasteiger partial charge in [-0.15, -0.1) is 0 Å². The van der Waals surface area contributed by atoms with Crippen molar-refractivity contribution in [3.63, 3.8) is 0 Å². The molecule has 0 atom stereocenters. The molecule has 2 N–H and O–H groups in total. The summed E-state index contributed by atoms with van der Waals surface area (Å²) in [5.41, 5.74) is 7.95. The molecule has 0 amide bonds. The maximum absolute atomic E-state index is 6.09. The average Bonchev–Trinajstić information content (AvgIpc) is 2.56. The predicted octanol–water partition coefficient (Wildman–Crippen LogP) is 3.58. The van der Waals surface area contributed by atoms with Gasteiger partial charge in [-0.3, -0.25) is 0 Å². The number of halogens is 1. The number of fused-ring (bicyclic) bond motifs is 1. The van der Waals surface area contributed by atoms with Crippen LogP contribution in [0.5, 0.6) is 11.5 Å². The Morgan fingerprint density at radius 2 is 1.65 bits per heavy atom. The lowest BCUT2D eigenvalue weighted by Gasteiger charge is -2.11. The van der Waals surface area contributed by atoms with E-state index >= 15 is 0 Å². The Bertz CT molecular complexity index is 851. The second-order valence-electron chi connectivity index (χ2n) is 5.05. The van der Waals surface area contributed by atoms with E-state index in [2.05, 4.69) is 25.9 Å². The molecule has 118 valence electrons. The van der Waals surface area contributed by atoms with Crippen LogP contribution in [0.15, 0.2) is 40.9 Å². The quantitative estimate of drug-likeness (QED) is 0.756. The molecule has 0 bridgehead atoms. The first-order valence-corrected chi connectivity index (χ1v) is 7.82. The molecule has 0 aliphatic heterocycles. The van der Waals surface area contributed by atoms with Crippen molar-refractivity contribution in [3.05, 3.63) is 52.3 Å². The Kier molecular flexibility index (Phi) is 4.34. The molecule has 3 rings (SSSR count). The number of hydrogen-bond acceptors (Lipinski definition) is 5. The summed E-state index contributed by atoms with van der Waals surface area (Å²) < 4.78 is 11.7. The maximum Gasteiger partial charge on any atom is 0.162 e. The van der Waals surface area contributed by atoms with Crippen molar-refractivity contribution >= 4 is 32.7 Å². The Labute approximate surface area is 142 Å². The van der Waals surface area contributed by atoms with Crippen LogP contribution < -0.4 is 15.2 Å². The minimum Gasteiger partial charge on any atom is -0.493 e. The van der Waals surface area contributed by atoms with Crippen molar-refractivity contribution in [2.75, 3.05) is 20.0 Å². The van der Waals surface area contributed by atoms with Gasteiger partial charge in [-0.1, -0.05) is 28.1 Å². The van der Waals surface area contributed by atoms with Gasteiger partial charge in [-0.25, -0.2) is 9.97 Å². The molecule has 6 heteroatoms. The van der Waals surface area contributed by atoms with Gasteiger partial charge in [0.15, 0.2) is 11.5 Å². The van der Waals surface area contributed by atoms with Gasteiger partial charge in [0.25, 0.3) is 0 Å². The van der Waals surface area contributed by atoms with Gasteiger partial charge in [0.2, 0.25) is 0 Å². The molecule has 0 radical (unpaired) electrons. The number of ether oxygens (including phenoxy) is 2. The van der Waals surface area contributed by atoms with E-state index in [1.54, 1.807) is 20.3 Å². The third kappa shape index (κ3) is 3.22. The Balaban J connectivity index is 2.04. The molecule has 0 aliphatic rings. The number of nitrogens with zero attached hydrogens (tertiary/aromatic N) is 2. The summed E-state index contributed by atoms with van der Waals surface area (Å²) in [7, 11) is 3.18. The monoisotopic (exact) mass is 373 g/mol. The lowest BCUT2D eigenvalue weighted by Crippen LogP contribution is -2.03. The first-order valence-electron chi connectivity index (χ1n) is 7.03. The van der Waals surface area contributed by atoms with E-state index in [1.807, 2.05) is 30.3 Å². The van der Waals surface area contributed by atoms with E-state index < -0.39 is 0 Å². The largest absolute Gasteiger partial charge is 0.493 e. The van der Waals surface area contributed by atoms with Crippen LogP contribution in [0.2, 0.25) is 0 Å². The van der Waals surface area contributed by atoms with Crippen molar-refractivity contribution in [1.29, 1.82) is 0 Å². The highest BCUT2D eigenvalue weighted by molar-refractivity contribution is 9.10. The standard InChI is InChI=1S/C17H16BrN3O2/c1-22-14-8-12-13(9-15(14)23-2)20-16(21-17(12)19)7-10-3-5-11(18)6-4-10/h3-6,8-9H,7H2,1-2H3,(H2,19,20,21).